The summed E-state index contributed by atoms with van der Waals surface area (Å²) in [6, 6.07) is 7.35. The van der Waals surface area contributed by atoms with E-state index in [4.69, 9.17) is 16.1 Å². The molecule has 28 heavy (non-hydrogen) atoms. The SMILES string of the molecule is Cc1noc(C)c1S(=O)(=O)N1CCCC(C(=O)N(C)Cc2cccc(Cl)c2)C1. The molecule has 0 aliphatic carbocycles. The van der Waals surface area contributed by atoms with Crippen molar-refractivity contribution < 1.29 is 17.7 Å². The minimum absolute atomic E-state index is 0.0707. The third kappa shape index (κ3) is 4.24. The van der Waals surface area contributed by atoms with Gasteiger partial charge in [0.05, 0.1) is 5.92 Å². The first-order chi connectivity index (χ1) is 13.2. The molecule has 0 spiro atoms. The fourth-order valence-electron chi connectivity index (χ4n) is 3.63. The van der Waals surface area contributed by atoms with E-state index in [0.717, 1.165) is 5.56 Å². The summed E-state index contributed by atoms with van der Waals surface area (Å²) in [6.07, 6.45) is 1.29. The number of hydrogen-bond donors (Lipinski definition) is 0. The number of piperidine rings is 1. The lowest BCUT2D eigenvalue weighted by molar-refractivity contribution is -0.135. The van der Waals surface area contributed by atoms with E-state index in [0.29, 0.717) is 36.6 Å². The Morgan fingerprint density at radius 3 is 2.79 bits per heavy atom. The van der Waals surface area contributed by atoms with Crippen LogP contribution in [0.1, 0.15) is 29.9 Å². The van der Waals surface area contributed by atoms with Crippen LogP contribution >= 0.6 is 11.6 Å². The van der Waals surface area contributed by atoms with Crippen molar-refractivity contribution in [2.75, 3.05) is 20.1 Å². The maximum Gasteiger partial charge on any atom is 0.248 e. The molecule has 1 aliphatic heterocycles. The molecule has 0 radical (unpaired) electrons. The molecule has 1 aliphatic rings. The van der Waals surface area contributed by atoms with Crippen molar-refractivity contribution in [2.45, 2.75) is 38.1 Å². The number of halogens is 1. The highest BCUT2D eigenvalue weighted by Gasteiger charge is 2.37. The summed E-state index contributed by atoms with van der Waals surface area (Å²) in [5.41, 5.74) is 1.27. The first-order valence-electron chi connectivity index (χ1n) is 9.12. The Kier molecular flexibility index (Phi) is 6.12. The van der Waals surface area contributed by atoms with Gasteiger partial charge in [0.1, 0.15) is 10.6 Å². The van der Waals surface area contributed by atoms with Gasteiger partial charge in [0, 0.05) is 31.7 Å². The van der Waals surface area contributed by atoms with Gasteiger partial charge in [-0.15, -0.1) is 0 Å². The van der Waals surface area contributed by atoms with Crippen LogP contribution in [0.3, 0.4) is 0 Å². The Labute approximate surface area is 170 Å². The molecule has 1 aromatic carbocycles. The number of hydrogen-bond acceptors (Lipinski definition) is 5. The predicted octanol–water partition coefficient (Wildman–Crippen LogP) is 3.00. The molecule has 1 amide bonds. The number of aromatic nitrogens is 1. The van der Waals surface area contributed by atoms with Gasteiger partial charge in [-0.1, -0.05) is 28.9 Å². The van der Waals surface area contributed by atoms with E-state index < -0.39 is 10.0 Å². The van der Waals surface area contributed by atoms with E-state index in [1.54, 1.807) is 31.9 Å². The van der Waals surface area contributed by atoms with Crippen LogP contribution < -0.4 is 0 Å². The summed E-state index contributed by atoms with van der Waals surface area (Å²) in [5, 5.41) is 4.37. The summed E-state index contributed by atoms with van der Waals surface area (Å²) in [5.74, 6) is -0.184. The van der Waals surface area contributed by atoms with Crippen molar-refractivity contribution in [3.63, 3.8) is 0 Å². The van der Waals surface area contributed by atoms with Crippen molar-refractivity contribution in [3.8, 4) is 0 Å². The molecule has 7 nitrogen and oxygen atoms in total. The van der Waals surface area contributed by atoms with Crippen molar-refractivity contribution in [3.05, 3.63) is 46.3 Å². The van der Waals surface area contributed by atoms with Gasteiger partial charge in [0.25, 0.3) is 0 Å². The highest BCUT2D eigenvalue weighted by molar-refractivity contribution is 7.89. The third-order valence-corrected chi connectivity index (χ3v) is 7.33. The molecule has 2 aromatic rings. The molecule has 0 N–H and O–H groups in total. The zero-order chi connectivity index (χ0) is 20.5. The Balaban J connectivity index is 1.73. The molecular weight excluding hydrogens is 402 g/mol. The Bertz CT molecular complexity index is 954. The van der Waals surface area contributed by atoms with Crippen LogP contribution in [0, 0.1) is 19.8 Å². The Morgan fingerprint density at radius 1 is 1.39 bits per heavy atom. The summed E-state index contributed by atoms with van der Waals surface area (Å²) < 4.78 is 32.5. The molecule has 0 bridgehead atoms. The zero-order valence-electron chi connectivity index (χ0n) is 16.2. The van der Waals surface area contributed by atoms with Crippen LogP contribution in [0.4, 0.5) is 0 Å². The summed E-state index contributed by atoms with van der Waals surface area (Å²) in [6.45, 7) is 4.15. The van der Waals surface area contributed by atoms with Crippen molar-refractivity contribution in [2.24, 2.45) is 5.92 Å². The monoisotopic (exact) mass is 425 g/mol. The standard InChI is InChI=1S/C19H24ClN3O4S/c1-13-18(14(2)27-21-13)28(25,26)23-9-5-7-16(12-23)19(24)22(3)11-15-6-4-8-17(20)10-15/h4,6,8,10,16H,5,7,9,11-12H2,1-3H3. The molecule has 0 saturated carbocycles. The van der Waals surface area contributed by atoms with Crippen LogP contribution in [0.5, 0.6) is 0 Å². The van der Waals surface area contributed by atoms with E-state index in [1.807, 2.05) is 18.2 Å². The van der Waals surface area contributed by atoms with E-state index in [2.05, 4.69) is 5.16 Å². The lowest BCUT2D eigenvalue weighted by atomic mass is 9.98. The Morgan fingerprint density at radius 2 is 2.14 bits per heavy atom. The minimum atomic E-state index is -3.75. The van der Waals surface area contributed by atoms with Gasteiger partial charge < -0.3 is 9.42 Å². The second kappa shape index (κ2) is 8.23. The molecule has 9 heteroatoms. The van der Waals surface area contributed by atoms with Crippen molar-refractivity contribution in [1.82, 2.24) is 14.4 Å². The van der Waals surface area contributed by atoms with Crippen molar-refractivity contribution in [1.29, 1.82) is 0 Å². The molecule has 1 fully saturated rings. The minimum Gasteiger partial charge on any atom is -0.360 e. The fourth-order valence-corrected chi connectivity index (χ4v) is 5.66. The van der Waals surface area contributed by atoms with Gasteiger partial charge in [0.15, 0.2) is 5.76 Å². The fraction of sp³-hybridized carbons (Fsp3) is 0.474. The van der Waals surface area contributed by atoms with Gasteiger partial charge >= 0.3 is 0 Å². The van der Waals surface area contributed by atoms with Crippen LogP contribution in [0.15, 0.2) is 33.7 Å². The van der Waals surface area contributed by atoms with Gasteiger partial charge in [-0.2, -0.15) is 4.31 Å². The average molecular weight is 426 g/mol. The van der Waals surface area contributed by atoms with Gasteiger partial charge in [-0.25, -0.2) is 8.42 Å². The lowest BCUT2D eigenvalue weighted by Gasteiger charge is -2.33. The first kappa shape index (κ1) is 20.8. The molecule has 3 rings (SSSR count). The molecule has 152 valence electrons. The smallest absolute Gasteiger partial charge is 0.248 e. The molecule has 1 saturated heterocycles. The number of carbonyl (C=O) groups is 1. The molecule has 1 atom stereocenters. The van der Waals surface area contributed by atoms with Crippen LogP contribution in [-0.4, -0.2) is 48.8 Å². The van der Waals surface area contributed by atoms with E-state index in [1.165, 1.54) is 4.31 Å². The summed E-state index contributed by atoms with van der Waals surface area (Å²) >= 11 is 6.01. The number of amides is 1. The zero-order valence-corrected chi connectivity index (χ0v) is 17.8. The highest BCUT2D eigenvalue weighted by atomic mass is 35.5. The number of nitrogens with zero attached hydrogens (tertiary/aromatic N) is 3. The largest absolute Gasteiger partial charge is 0.360 e. The van der Waals surface area contributed by atoms with Gasteiger partial charge in [-0.3, -0.25) is 4.79 Å². The van der Waals surface area contributed by atoms with E-state index in [-0.39, 0.29) is 29.0 Å². The first-order valence-corrected chi connectivity index (χ1v) is 10.9. The second-order valence-electron chi connectivity index (χ2n) is 7.18. The summed E-state index contributed by atoms with van der Waals surface area (Å²) in [7, 11) is -2.02. The van der Waals surface area contributed by atoms with Gasteiger partial charge in [-0.05, 0) is 44.4 Å². The highest BCUT2D eigenvalue weighted by Crippen LogP contribution is 2.28. The van der Waals surface area contributed by atoms with Crippen LogP contribution in [0.25, 0.3) is 0 Å². The second-order valence-corrected chi connectivity index (χ2v) is 9.49. The maximum atomic E-state index is 13.0. The van der Waals surface area contributed by atoms with E-state index in [9.17, 15) is 13.2 Å². The number of rotatable bonds is 5. The van der Waals surface area contributed by atoms with E-state index >= 15 is 0 Å². The maximum absolute atomic E-state index is 13.0. The quantitative estimate of drug-likeness (QED) is 0.735. The number of sulfonamides is 1. The average Bonchev–Trinajstić information content (AvgIpc) is 3.00. The lowest BCUT2D eigenvalue weighted by Crippen LogP contribution is -2.45. The molecule has 1 unspecified atom stereocenters. The number of carbonyl (C=O) groups excluding carboxylic acids is 1. The van der Waals surface area contributed by atoms with Crippen molar-refractivity contribution >= 4 is 27.5 Å². The molecular formula is C19H24ClN3O4S. The van der Waals surface area contributed by atoms with Gasteiger partial charge in [0.2, 0.25) is 15.9 Å². The predicted molar refractivity (Wildman–Crippen MR) is 105 cm³/mol. The molecule has 2 heterocycles. The topological polar surface area (TPSA) is 83.7 Å². The number of aryl methyl sites for hydroxylation is 2. The Hall–Kier alpha value is -1.90. The third-order valence-electron chi connectivity index (χ3n) is 4.98. The van der Waals surface area contributed by atoms with Crippen LogP contribution in [0.2, 0.25) is 5.02 Å². The molecule has 1 aromatic heterocycles. The summed E-state index contributed by atoms with van der Waals surface area (Å²) in [4.78, 5) is 14.7. The normalized spacial score (nSPS) is 18.2. The number of benzene rings is 1. The van der Waals surface area contributed by atoms with Crippen LogP contribution in [-0.2, 0) is 21.4 Å².